The summed E-state index contributed by atoms with van der Waals surface area (Å²) in [5, 5.41) is 8.29. The lowest BCUT2D eigenvalue weighted by Crippen LogP contribution is -2.38. The van der Waals surface area contributed by atoms with Gasteiger partial charge in [-0.3, -0.25) is 9.78 Å². The first kappa shape index (κ1) is 17.9. The van der Waals surface area contributed by atoms with E-state index >= 15 is 0 Å². The average molecular weight is 362 g/mol. The topological polar surface area (TPSA) is 81.4 Å². The maximum atomic E-state index is 12.7. The number of amides is 1. The van der Waals surface area contributed by atoms with Crippen LogP contribution in [0.25, 0.3) is 0 Å². The predicted molar refractivity (Wildman–Crippen MR) is 93.0 cm³/mol. The summed E-state index contributed by atoms with van der Waals surface area (Å²) in [7, 11) is 0. The van der Waals surface area contributed by atoms with Crippen molar-refractivity contribution in [1.29, 1.82) is 0 Å². The fourth-order valence-corrected chi connectivity index (χ4v) is 3.31. The predicted octanol–water partition coefficient (Wildman–Crippen LogP) is 2.33. The van der Waals surface area contributed by atoms with Crippen molar-refractivity contribution in [3.05, 3.63) is 36.0 Å². The zero-order valence-corrected chi connectivity index (χ0v) is 15.1. The summed E-state index contributed by atoms with van der Waals surface area (Å²) >= 11 is 1.27. The average Bonchev–Trinajstić information content (AvgIpc) is 3.31. The van der Waals surface area contributed by atoms with E-state index in [0.29, 0.717) is 30.6 Å². The van der Waals surface area contributed by atoms with Crippen LogP contribution >= 0.6 is 11.8 Å². The third-order valence-electron chi connectivity index (χ3n) is 3.95. The Hall–Kier alpha value is -1.93. The molecule has 25 heavy (non-hydrogen) atoms. The van der Waals surface area contributed by atoms with Crippen molar-refractivity contribution in [1.82, 2.24) is 20.1 Å². The Bertz CT molecular complexity index is 674. The molecule has 7 nitrogen and oxygen atoms in total. The van der Waals surface area contributed by atoms with Crippen LogP contribution in [0.3, 0.4) is 0 Å². The van der Waals surface area contributed by atoms with Gasteiger partial charge in [-0.25, -0.2) is 0 Å². The van der Waals surface area contributed by atoms with E-state index < -0.39 is 0 Å². The zero-order valence-electron chi connectivity index (χ0n) is 14.3. The van der Waals surface area contributed by atoms with E-state index in [2.05, 4.69) is 15.2 Å². The van der Waals surface area contributed by atoms with Crippen molar-refractivity contribution >= 4 is 17.7 Å². The first-order valence-electron chi connectivity index (χ1n) is 8.49. The van der Waals surface area contributed by atoms with Crippen molar-refractivity contribution in [2.24, 2.45) is 0 Å². The van der Waals surface area contributed by atoms with E-state index in [1.165, 1.54) is 11.8 Å². The molecule has 0 spiro atoms. The molecule has 2 aromatic heterocycles. The van der Waals surface area contributed by atoms with Crippen LogP contribution in [0.2, 0.25) is 0 Å². The Morgan fingerprint density at radius 1 is 1.40 bits per heavy atom. The van der Waals surface area contributed by atoms with Gasteiger partial charge in [-0.15, -0.1) is 10.2 Å². The smallest absolute Gasteiger partial charge is 0.277 e. The summed E-state index contributed by atoms with van der Waals surface area (Å²) in [6.07, 6.45) is 4.57. The molecule has 3 heterocycles. The molecule has 0 N–H and O–H groups in total. The first-order valence-corrected chi connectivity index (χ1v) is 9.47. The first-order chi connectivity index (χ1) is 12.2. The number of pyridine rings is 1. The van der Waals surface area contributed by atoms with Gasteiger partial charge in [0.2, 0.25) is 11.8 Å². The quantitative estimate of drug-likeness (QED) is 0.667. The van der Waals surface area contributed by atoms with E-state index in [4.69, 9.17) is 9.15 Å². The Balaban J connectivity index is 1.60. The Labute approximate surface area is 151 Å². The van der Waals surface area contributed by atoms with Crippen LogP contribution in [0.5, 0.6) is 0 Å². The zero-order chi connectivity index (χ0) is 17.5. The van der Waals surface area contributed by atoms with E-state index in [9.17, 15) is 4.79 Å². The number of aromatic nitrogens is 3. The van der Waals surface area contributed by atoms with Gasteiger partial charge in [-0.1, -0.05) is 24.8 Å². The summed E-state index contributed by atoms with van der Waals surface area (Å²) in [4.78, 5) is 18.9. The van der Waals surface area contributed by atoms with Crippen LogP contribution in [0.4, 0.5) is 0 Å². The molecule has 1 fully saturated rings. The Morgan fingerprint density at radius 3 is 3.00 bits per heavy atom. The van der Waals surface area contributed by atoms with Crippen molar-refractivity contribution in [3.8, 4) is 0 Å². The van der Waals surface area contributed by atoms with Gasteiger partial charge in [0, 0.05) is 25.8 Å². The third-order valence-corrected chi connectivity index (χ3v) is 4.75. The molecule has 0 aliphatic carbocycles. The van der Waals surface area contributed by atoms with Crippen molar-refractivity contribution in [3.63, 3.8) is 0 Å². The number of nitrogens with zero attached hydrogens (tertiary/aromatic N) is 4. The second kappa shape index (κ2) is 8.96. The molecule has 0 radical (unpaired) electrons. The highest BCUT2D eigenvalue weighted by Crippen LogP contribution is 2.19. The third kappa shape index (κ3) is 5.27. The minimum atomic E-state index is 0.0161. The van der Waals surface area contributed by atoms with Gasteiger partial charge in [0.15, 0.2) is 0 Å². The molecule has 1 aliphatic heterocycles. The van der Waals surface area contributed by atoms with Gasteiger partial charge in [0.25, 0.3) is 5.22 Å². The van der Waals surface area contributed by atoms with Crippen molar-refractivity contribution in [2.75, 3.05) is 18.9 Å². The molecule has 3 rings (SSSR count). The highest BCUT2D eigenvalue weighted by molar-refractivity contribution is 7.99. The van der Waals surface area contributed by atoms with Crippen LogP contribution < -0.4 is 0 Å². The Kier molecular flexibility index (Phi) is 6.41. The second-order valence-electron chi connectivity index (χ2n) is 5.83. The fraction of sp³-hybridized carbons (Fsp3) is 0.529. The second-order valence-corrected chi connectivity index (χ2v) is 6.76. The molecule has 1 amide bonds. The summed E-state index contributed by atoms with van der Waals surface area (Å²) in [6.45, 7) is 3.78. The van der Waals surface area contributed by atoms with Crippen molar-refractivity contribution < 1.29 is 13.9 Å². The standard InChI is InChI=1S/C17H22N4O3S/c1-2-15-19-20-17(24-15)25-12-16(22)21(11-14-7-5-9-23-14)10-13-6-3-4-8-18-13/h3-4,6,8,14H,2,5,7,9-12H2,1H3/t14-/m1/s1. The lowest BCUT2D eigenvalue weighted by atomic mass is 10.2. The number of hydrogen-bond donors (Lipinski definition) is 0. The van der Waals surface area contributed by atoms with Gasteiger partial charge in [-0.2, -0.15) is 0 Å². The molecule has 0 aromatic carbocycles. The van der Waals surface area contributed by atoms with Gasteiger partial charge in [0.05, 0.1) is 24.1 Å². The number of ether oxygens (including phenoxy) is 1. The highest BCUT2D eigenvalue weighted by Gasteiger charge is 2.23. The minimum Gasteiger partial charge on any atom is -0.416 e. The number of hydrogen-bond acceptors (Lipinski definition) is 7. The van der Waals surface area contributed by atoms with Gasteiger partial charge in [0.1, 0.15) is 0 Å². The summed E-state index contributed by atoms with van der Waals surface area (Å²) < 4.78 is 11.1. The fourth-order valence-electron chi connectivity index (χ4n) is 2.63. The number of thioether (sulfide) groups is 1. The maximum absolute atomic E-state index is 12.7. The van der Waals surface area contributed by atoms with E-state index in [1.807, 2.05) is 30.0 Å². The molecular formula is C17H22N4O3S. The van der Waals surface area contributed by atoms with E-state index in [0.717, 1.165) is 25.1 Å². The molecule has 0 saturated carbocycles. The lowest BCUT2D eigenvalue weighted by Gasteiger charge is -2.25. The monoisotopic (exact) mass is 362 g/mol. The van der Waals surface area contributed by atoms with Crippen LogP contribution in [0.1, 0.15) is 31.4 Å². The molecule has 0 unspecified atom stereocenters. The Morgan fingerprint density at radius 2 is 2.32 bits per heavy atom. The largest absolute Gasteiger partial charge is 0.416 e. The van der Waals surface area contributed by atoms with Gasteiger partial charge in [-0.05, 0) is 25.0 Å². The number of carbonyl (C=O) groups excluding carboxylic acids is 1. The van der Waals surface area contributed by atoms with Crippen molar-refractivity contribution in [2.45, 2.75) is 44.1 Å². The lowest BCUT2D eigenvalue weighted by molar-refractivity contribution is -0.130. The number of carbonyl (C=O) groups is 1. The van der Waals surface area contributed by atoms with Crippen LogP contribution in [-0.2, 0) is 22.5 Å². The van der Waals surface area contributed by atoms with Crippen LogP contribution in [-0.4, -0.2) is 51.0 Å². The number of rotatable bonds is 8. The highest BCUT2D eigenvalue weighted by atomic mass is 32.2. The SMILES string of the molecule is CCc1nnc(SCC(=O)N(Cc2ccccn2)C[C@H]2CCCO2)o1. The summed E-state index contributed by atoms with van der Waals surface area (Å²) in [5.41, 5.74) is 0.866. The molecule has 1 aliphatic rings. The molecule has 0 bridgehead atoms. The number of aryl methyl sites for hydroxylation is 1. The summed E-state index contributed by atoms with van der Waals surface area (Å²) in [6, 6.07) is 5.72. The van der Waals surface area contributed by atoms with E-state index in [-0.39, 0.29) is 17.8 Å². The molecule has 1 atom stereocenters. The molecule has 134 valence electrons. The van der Waals surface area contributed by atoms with E-state index in [1.54, 1.807) is 6.20 Å². The molecule has 2 aromatic rings. The van der Waals surface area contributed by atoms with Gasteiger partial charge < -0.3 is 14.1 Å². The normalized spacial score (nSPS) is 16.9. The molecule has 8 heteroatoms. The van der Waals surface area contributed by atoms with Gasteiger partial charge >= 0.3 is 0 Å². The molecule has 1 saturated heterocycles. The maximum Gasteiger partial charge on any atom is 0.277 e. The summed E-state index contributed by atoms with van der Waals surface area (Å²) in [5.74, 6) is 0.854. The minimum absolute atomic E-state index is 0.0161. The van der Waals surface area contributed by atoms with Crippen LogP contribution in [0.15, 0.2) is 34.0 Å². The molecular weight excluding hydrogens is 340 g/mol. The van der Waals surface area contributed by atoms with Crippen LogP contribution in [0, 0.1) is 0 Å².